The van der Waals surface area contributed by atoms with Crippen LogP contribution in [0.2, 0.25) is 0 Å². The number of piperidine rings is 1. The van der Waals surface area contributed by atoms with E-state index in [1.807, 2.05) is 0 Å². The van der Waals surface area contributed by atoms with Crippen molar-refractivity contribution in [3.63, 3.8) is 0 Å². The number of nitrogens with zero attached hydrogens (tertiary/aromatic N) is 3. The van der Waals surface area contributed by atoms with Crippen LogP contribution in [0.15, 0.2) is 4.79 Å². The summed E-state index contributed by atoms with van der Waals surface area (Å²) >= 11 is 0. The first-order valence-electron chi connectivity index (χ1n) is 7.08. The fourth-order valence-electron chi connectivity index (χ4n) is 2.40. The van der Waals surface area contributed by atoms with E-state index < -0.39 is 41.2 Å². The first kappa shape index (κ1) is 18.5. The minimum atomic E-state index is -5.07. The Labute approximate surface area is 138 Å². The highest BCUT2D eigenvalue weighted by molar-refractivity contribution is 5.88. The van der Waals surface area contributed by atoms with Crippen molar-refractivity contribution in [3.8, 4) is 5.75 Å². The number of hydrogen-bond donors (Lipinski definition) is 2. The molecule has 1 saturated heterocycles. The Bertz CT molecular complexity index is 753. The zero-order valence-electron chi connectivity index (χ0n) is 12.9. The van der Waals surface area contributed by atoms with Gasteiger partial charge in [0.15, 0.2) is 5.69 Å². The molecule has 0 amide bonds. The third-order valence-corrected chi connectivity index (χ3v) is 3.68. The molecule has 25 heavy (non-hydrogen) atoms. The van der Waals surface area contributed by atoms with Crippen molar-refractivity contribution in [2.45, 2.75) is 25.1 Å². The lowest BCUT2D eigenvalue weighted by Crippen LogP contribution is -2.42. The van der Waals surface area contributed by atoms with Gasteiger partial charge in [-0.2, -0.15) is 13.2 Å². The van der Waals surface area contributed by atoms with Crippen LogP contribution in [0.4, 0.5) is 19.1 Å². The molecule has 1 aliphatic heterocycles. The molecule has 1 fully saturated rings. The molecule has 1 aromatic rings. The van der Waals surface area contributed by atoms with Crippen LogP contribution in [-0.2, 0) is 16.6 Å². The number of rotatable bonds is 3. The molecular weight excluding hydrogens is 351 g/mol. The van der Waals surface area contributed by atoms with Gasteiger partial charge in [-0.25, -0.2) is 14.6 Å². The number of aromatic nitrogens is 2. The molecular formula is C13H14F3N3O6. The second-order valence-corrected chi connectivity index (χ2v) is 5.37. The lowest BCUT2D eigenvalue weighted by Gasteiger charge is -2.33. The number of halogens is 3. The van der Waals surface area contributed by atoms with Crippen LogP contribution >= 0.6 is 0 Å². The number of aromatic hydroxyl groups is 1. The average molecular weight is 365 g/mol. The van der Waals surface area contributed by atoms with E-state index in [0.29, 0.717) is 0 Å². The van der Waals surface area contributed by atoms with Crippen molar-refractivity contribution < 1.29 is 37.7 Å². The van der Waals surface area contributed by atoms with E-state index in [-0.39, 0.29) is 31.9 Å². The van der Waals surface area contributed by atoms with E-state index in [9.17, 15) is 32.7 Å². The molecule has 1 aromatic heterocycles. The van der Waals surface area contributed by atoms with Crippen LogP contribution in [-0.4, -0.2) is 57.1 Å². The van der Waals surface area contributed by atoms with E-state index in [1.54, 1.807) is 0 Å². The van der Waals surface area contributed by atoms with Gasteiger partial charge in [0, 0.05) is 33.0 Å². The van der Waals surface area contributed by atoms with Gasteiger partial charge < -0.3 is 19.8 Å². The lowest BCUT2D eigenvalue weighted by atomic mass is 10.1. The van der Waals surface area contributed by atoms with Gasteiger partial charge in [0.25, 0.3) is 5.56 Å². The molecule has 2 rings (SSSR count). The Kier molecular flexibility index (Phi) is 4.90. The topological polar surface area (TPSA) is 122 Å². The summed E-state index contributed by atoms with van der Waals surface area (Å²) < 4.78 is 41.9. The smallest absolute Gasteiger partial charge is 0.490 e. The predicted molar refractivity (Wildman–Crippen MR) is 75.5 cm³/mol. The molecule has 0 aromatic carbocycles. The minimum absolute atomic E-state index is 0.0426. The maximum atomic E-state index is 12.2. The zero-order valence-corrected chi connectivity index (χ0v) is 12.9. The second kappa shape index (κ2) is 6.61. The monoisotopic (exact) mass is 365 g/mol. The molecule has 0 bridgehead atoms. The summed E-state index contributed by atoms with van der Waals surface area (Å²) in [6.45, 7) is 0.167. The van der Waals surface area contributed by atoms with Gasteiger partial charge >= 0.3 is 18.1 Å². The number of carbonyl (C=O) groups excluding carboxylic acids is 1. The minimum Gasteiger partial charge on any atom is -0.501 e. The largest absolute Gasteiger partial charge is 0.501 e. The third-order valence-electron chi connectivity index (χ3n) is 3.68. The van der Waals surface area contributed by atoms with E-state index >= 15 is 0 Å². The van der Waals surface area contributed by atoms with Gasteiger partial charge in [0.1, 0.15) is 6.10 Å². The highest BCUT2D eigenvalue weighted by Gasteiger charge is 2.42. The number of esters is 1. The Morgan fingerprint density at radius 3 is 2.32 bits per heavy atom. The summed E-state index contributed by atoms with van der Waals surface area (Å²) in [5.74, 6) is -4.92. The number of ether oxygens (including phenoxy) is 1. The van der Waals surface area contributed by atoms with Crippen molar-refractivity contribution in [1.82, 2.24) is 9.55 Å². The van der Waals surface area contributed by atoms with Crippen LogP contribution in [0.3, 0.4) is 0 Å². The van der Waals surface area contributed by atoms with E-state index in [0.717, 1.165) is 4.57 Å². The fourth-order valence-corrected chi connectivity index (χ4v) is 2.40. The molecule has 2 heterocycles. The number of aromatic carboxylic acids is 1. The van der Waals surface area contributed by atoms with Crippen LogP contribution in [0.5, 0.6) is 5.75 Å². The fraction of sp³-hybridized carbons (Fsp3) is 0.538. The number of alkyl halides is 3. The SMILES string of the molecule is Cn1c(N2CCC(OC(=O)C(F)(F)F)CC2)nc(C(=O)O)c(O)c1=O. The predicted octanol–water partition coefficient (Wildman–Crippen LogP) is 0.258. The van der Waals surface area contributed by atoms with Gasteiger partial charge in [0.2, 0.25) is 11.7 Å². The summed E-state index contributed by atoms with van der Waals surface area (Å²) in [6, 6.07) is 0. The van der Waals surface area contributed by atoms with Gasteiger partial charge in [-0.3, -0.25) is 9.36 Å². The van der Waals surface area contributed by atoms with Crippen LogP contribution in [0, 0.1) is 0 Å². The molecule has 1 aliphatic rings. The molecule has 0 saturated carbocycles. The number of carbonyl (C=O) groups is 2. The highest BCUT2D eigenvalue weighted by Crippen LogP contribution is 2.24. The third kappa shape index (κ3) is 3.83. The van der Waals surface area contributed by atoms with Crippen molar-refractivity contribution in [2.24, 2.45) is 7.05 Å². The molecule has 0 atom stereocenters. The quantitative estimate of drug-likeness (QED) is 0.732. The van der Waals surface area contributed by atoms with E-state index in [2.05, 4.69) is 9.72 Å². The summed E-state index contributed by atoms with van der Waals surface area (Å²) in [5.41, 5.74) is -1.78. The van der Waals surface area contributed by atoms with Crippen LogP contribution < -0.4 is 10.5 Å². The maximum absolute atomic E-state index is 12.2. The number of hydrogen-bond acceptors (Lipinski definition) is 7. The molecule has 0 aliphatic carbocycles. The Morgan fingerprint density at radius 1 is 1.28 bits per heavy atom. The highest BCUT2D eigenvalue weighted by atomic mass is 19.4. The lowest BCUT2D eigenvalue weighted by molar-refractivity contribution is -0.205. The van der Waals surface area contributed by atoms with Crippen molar-refractivity contribution in [3.05, 3.63) is 16.0 Å². The zero-order chi connectivity index (χ0) is 18.9. The van der Waals surface area contributed by atoms with Crippen LogP contribution in [0.25, 0.3) is 0 Å². The Hall–Kier alpha value is -2.79. The number of carboxylic acid groups (broad SMARTS) is 1. The Morgan fingerprint density at radius 2 is 1.84 bits per heavy atom. The first-order valence-corrected chi connectivity index (χ1v) is 7.08. The standard InChI is InChI=1S/C13H14F3N3O6/c1-18-9(21)8(20)7(10(22)23)17-12(18)19-4-2-6(3-5-19)25-11(24)13(14,15)16/h6,20H,2-5H2,1H3,(H,22,23). The number of carboxylic acids is 1. The molecule has 0 radical (unpaired) electrons. The summed E-state index contributed by atoms with van der Waals surface area (Å²) in [7, 11) is 1.27. The summed E-state index contributed by atoms with van der Waals surface area (Å²) in [6.07, 6.45) is -5.93. The molecule has 138 valence electrons. The molecule has 9 nitrogen and oxygen atoms in total. The molecule has 0 spiro atoms. The van der Waals surface area contributed by atoms with Crippen molar-refractivity contribution in [1.29, 1.82) is 0 Å². The van der Waals surface area contributed by atoms with E-state index in [4.69, 9.17) is 5.11 Å². The van der Waals surface area contributed by atoms with E-state index in [1.165, 1.54) is 11.9 Å². The summed E-state index contributed by atoms with van der Waals surface area (Å²) in [4.78, 5) is 38.9. The maximum Gasteiger partial charge on any atom is 0.490 e. The van der Waals surface area contributed by atoms with Crippen molar-refractivity contribution >= 4 is 17.9 Å². The summed E-state index contributed by atoms with van der Waals surface area (Å²) in [5, 5.41) is 18.5. The molecule has 12 heteroatoms. The van der Waals surface area contributed by atoms with Gasteiger partial charge in [-0.05, 0) is 0 Å². The first-order chi connectivity index (χ1) is 11.5. The average Bonchev–Trinajstić information content (AvgIpc) is 2.52. The Balaban J connectivity index is 2.15. The van der Waals surface area contributed by atoms with Gasteiger partial charge in [-0.1, -0.05) is 0 Å². The van der Waals surface area contributed by atoms with Gasteiger partial charge in [-0.15, -0.1) is 0 Å². The normalized spacial score (nSPS) is 15.9. The van der Waals surface area contributed by atoms with Gasteiger partial charge in [0.05, 0.1) is 0 Å². The molecule has 2 N–H and O–H groups in total. The van der Waals surface area contributed by atoms with Crippen molar-refractivity contribution in [2.75, 3.05) is 18.0 Å². The number of anilines is 1. The second-order valence-electron chi connectivity index (χ2n) is 5.37. The molecule has 0 unspecified atom stereocenters. The van der Waals surface area contributed by atoms with Crippen LogP contribution in [0.1, 0.15) is 23.3 Å².